The number of aromatic nitrogens is 2. The molecule has 3 aromatic rings. The molecular formula is C23H24N4O5S. The van der Waals surface area contributed by atoms with Gasteiger partial charge in [-0.2, -0.15) is 9.40 Å². The topological polar surface area (TPSA) is 121 Å². The number of nitrogens with one attached hydrogen (secondary N) is 2. The number of rotatable bonds is 7. The maximum atomic E-state index is 12.6. The Bertz CT molecular complexity index is 1230. The van der Waals surface area contributed by atoms with E-state index in [2.05, 4.69) is 15.5 Å². The molecule has 10 heteroatoms. The first-order chi connectivity index (χ1) is 15.9. The molecule has 2 aromatic carbocycles. The third-order valence-corrected chi connectivity index (χ3v) is 7.31. The molecule has 2 heterocycles. The van der Waals surface area contributed by atoms with Gasteiger partial charge in [-0.15, -0.1) is 0 Å². The number of ether oxygens (including phenoxy) is 1. The van der Waals surface area contributed by atoms with Gasteiger partial charge >= 0.3 is 5.97 Å². The van der Waals surface area contributed by atoms with E-state index in [1.807, 2.05) is 30.3 Å². The number of carbonyl (C=O) groups is 2. The Labute approximate surface area is 191 Å². The highest BCUT2D eigenvalue weighted by Crippen LogP contribution is 2.23. The van der Waals surface area contributed by atoms with E-state index >= 15 is 0 Å². The monoisotopic (exact) mass is 468 g/mol. The molecule has 9 nitrogen and oxygen atoms in total. The van der Waals surface area contributed by atoms with E-state index in [1.54, 1.807) is 0 Å². The Balaban J connectivity index is 1.38. The minimum Gasteiger partial charge on any atom is -0.449 e. The number of hydrogen-bond acceptors (Lipinski definition) is 6. The highest BCUT2D eigenvalue weighted by atomic mass is 32.2. The minimum atomic E-state index is -3.53. The SMILES string of the molecule is C[C@@H](OC(=O)c1cn[nH]c1-c1ccccc1)C(=O)Nc1ccc(S(=O)(=O)N2CCCC2)cc1. The average molecular weight is 469 g/mol. The van der Waals surface area contributed by atoms with Crippen LogP contribution in [0.3, 0.4) is 0 Å². The normalized spacial score (nSPS) is 15.2. The van der Waals surface area contributed by atoms with E-state index < -0.39 is 28.0 Å². The van der Waals surface area contributed by atoms with Crippen LogP contribution in [0.25, 0.3) is 11.3 Å². The summed E-state index contributed by atoms with van der Waals surface area (Å²) >= 11 is 0. The van der Waals surface area contributed by atoms with Crippen molar-refractivity contribution in [2.75, 3.05) is 18.4 Å². The van der Waals surface area contributed by atoms with Crippen molar-refractivity contribution in [1.29, 1.82) is 0 Å². The van der Waals surface area contributed by atoms with Crippen molar-refractivity contribution in [3.63, 3.8) is 0 Å². The Morgan fingerprint density at radius 1 is 1.06 bits per heavy atom. The molecule has 0 saturated carbocycles. The van der Waals surface area contributed by atoms with E-state index in [0.717, 1.165) is 18.4 Å². The van der Waals surface area contributed by atoms with Gasteiger partial charge in [0.25, 0.3) is 5.91 Å². The van der Waals surface area contributed by atoms with Gasteiger partial charge in [0.2, 0.25) is 10.0 Å². The molecule has 1 fully saturated rings. The number of hydrogen-bond donors (Lipinski definition) is 2. The van der Waals surface area contributed by atoms with Gasteiger partial charge in [0.1, 0.15) is 5.56 Å². The van der Waals surface area contributed by atoms with Crippen LogP contribution in [-0.4, -0.2) is 54.0 Å². The second-order valence-corrected chi connectivity index (χ2v) is 9.63. The van der Waals surface area contributed by atoms with Crippen molar-refractivity contribution in [2.24, 2.45) is 0 Å². The number of H-pyrrole nitrogens is 1. The molecule has 0 radical (unpaired) electrons. The van der Waals surface area contributed by atoms with Gasteiger partial charge in [-0.25, -0.2) is 13.2 Å². The Kier molecular flexibility index (Phi) is 6.57. The lowest BCUT2D eigenvalue weighted by Crippen LogP contribution is -2.30. The molecule has 2 N–H and O–H groups in total. The van der Waals surface area contributed by atoms with Gasteiger partial charge in [0.15, 0.2) is 6.10 Å². The van der Waals surface area contributed by atoms with Gasteiger partial charge in [-0.05, 0) is 44.0 Å². The van der Waals surface area contributed by atoms with Gasteiger partial charge < -0.3 is 10.1 Å². The zero-order chi connectivity index (χ0) is 23.4. The average Bonchev–Trinajstić information content (AvgIpc) is 3.53. The Hall–Kier alpha value is -3.50. The quantitative estimate of drug-likeness (QED) is 0.514. The second kappa shape index (κ2) is 9.55. The summed E-state index contributed by atoms with van der Waals surface area (Å²) in [5.74, 6) is -1.22. The fraction of sp³-hybridized carbons (Fsp3) is 0.261. The van der Waals surface area contributed by atoms with Crippen LogP contribution in [0.4, 0.5) is 5.69 Å². The van der Waals surface area contributed by atoms with Crippen LogP contribution in [0.1, 0.15) is 30.1 Å². The van der Waals surface area contributed by atoms with Crippen molar-refractivity contribution >= 4 is 27.6 Å². The molecule has 172 valence electrons. The molecule has 1 aromatic heterocycles. The van der Waals surface area contributed by atoms with Crippen LogP contribution < -0.4 is 5.32 Å². The van der Waals surface area contributed by atoms with Crippen LogP contribution in [0.2, 0.25) is 0 Å². The lowest BCUT2D eigenvalue weighted by atomic mass is 10.1. The Morgan fingerprint density at radius 2 is 1.73 bits per heavy atom. The summed E-state index contributed by atoms with van der Waals surface area (Å²) in [6.07, 6.45) is 1.99. The number of anilines is 1. The number of aromatic amines is 1. The highest BCUT2D eigenvalue weighted by molar-refractivity contribution is 7.89. The van der Waals surface area contributed by atoms with Crippen LogP contribution in [0.5, 0.6) is 0 Å². The molecule has 33 heavy (non-hydrogen) atoms. The van der Waals surface area contributed by atoms with Gasteiger partial charge in [0.05, 0.1) is 16.8 Å². The lowest BCUT2D eigenvalue weighted by molar-refractivity contribution is -0.123. The summed E-state index contributed by atoms with van der Waals surface area (Å²) in [5.41, 5.74) is 1.89. The fourth-order valence-corrected chi connectivity index (χ4v) is 5.09. The predicted molar refractivity (Wildman–Crippen MR) is 122 cm³/mol. The minimum absolute atomic E-state index is 0.176. The van der Waals surface area contributed by atoms with Crippen molar-refractivity contribution in [3.05, 3.63) is 66.4 Å². The molecular weight excluding hydrogens is 444 g/mol. The summed E-state index contributed by atoms with van der Waals surface area (Å²) in [7, 11) is -3.53. The molecule has 1 aliphatic heterocycles. The largest absolute Gasteiger partial charge is 0.449 e. The van der Waals surface area contributed by atoms with E-state index in [-0.39, 0.29) is 10.5 Å². The molecule has 0 spiro atoms. The van der Waals surface area contributed by atoms with Crippen LogP contribution >= 0.6 is 0 Å². The molecule has 0 unspecified atom stereocenters. The smallest absolute Gasteiger partial charge is 0.342 e. The van der Waals surface area contributed by atoms with E-state index in [1.165, 1.54) is 41.7 Å². The van der Waals surface area contributed by atoms with Gasteiger partial charge in [0, 0.05) is 24.3 Å². The molecule has 1 aliphatic rings. The number of amides is 1. The standard InChI is InChI=1S/C23H24N4O5S/c1-16(32-23(29)20-15-24-26-21(20)17-7-3-2-4-8-17)22(28)25-18-9-11-19(12-10-18)33(30,31)27-13-5-6-14-27/h2-4,7-12,15-16H,5-6,13-14H2,1H3,(H,24,26)(H,25,28)/t16-/m1/s1. The van der Waals surface area contributed by atoms with E-state index in [4.69, 9.17) is 4.74 Å². The van der Waals surface area contributed by atoms with Gasteiger partial charge in [-0.1, -0.05) is 30.3 Å². The summed E-state index contributed by atoms with van der Waals surface area (Å²) in [5, 5.41) is 9.33. The Morgan fingerprint density at radius 3 is 2.39 bits per heavy atom. The second-order valence-electron chi connectivity index (χ2n) is 7.70. The number of nitrogens with zero attached hydrogens (tertiary/aromatic N) is 2. The third-order valence-electron chi connectivity index (χ3n) is 5.40. The summed E-state index contributed by atoms with van der Waals surface area (Å²) in [6.45, 7) is 2.50. The molecule has 0 bridgehead atoms. The zero-order valence-corrected chi connectivity index (χ0v) is 18.8. The summed E-state index contributed by atoms with van der Waals surface area (Å²) in [4.78, 5) is 25.3. The molecule has 1 atom stereocenters. The zero-order valence-electron chi connectivity index (χ0n) is 18.0. The van der Waals surface area contributed by atoms with Crippen LogP contribution in [-0.2, 0) is 19.6 Å². The number of carbonyl (C=O) groups excluding carboxylic acids is 2. The highest BCUT2D eigenvalue weighted by Gasteiger charge is 2.27. The van der Waals surface area contributed by atoms with Crippen molar-refractivity contribution in [1.82, 2.24) is 14.5 Å². The number of sulfonamides is 1. The summed E-state index contributed by atoms with van der Waals surface area (Å²) < 4.78 is 32.0. The first-order valence-electron chi connectivity index (χ1n) is 10.6. The van der Waals surface area contributed by atoms with Crippen molar-refractivity contribution in [2.45, 2.75) is 30.8 Å². The van der Waals surface area contributed by atoms with Crippen LogP contribution in [0.15, 0.2) is 65.7 Å². The molecule has 1 amide bonds. The third kappa shape index (κ3) is 4.96. The lowest BCUT2D eigenvalue weighted by Gasteiger charge is -2.16. The molecule has 0 aliphatic carbocycles. The van der Waals surface area contributed by atoms with Crippen molar-refractivity contribution < 1.29 is 22.7 Å². The number of esters is 1. The first-order valence-corrected chi connectivity index (χ1v) is 12.0. The fourth-order valence-electron chi connectivity index (χ4n) is 3.58. The first kappa shape index (κ1) is 22.7. The maximum Gasteiger partial charge on any atom is 0.342 e. The van der Waals surface area contributed by atoms with E-state index in [9.17, 15) is 18.0 Å². The molecule has 4 rings (SSSR count). The summed E-state index contributed by atoms with van der Waals surface area (Å²) in [6, 6.07) is 15.1. The van der Waals surface area contributed by atoms with Crippen LogP contribution in [0, 0.1) is 0 Å². The maximum absolute atomic E-state index is 12.6. The van der Waals surface area contributed by atoms with Crippen molar-refractivity contribution in [3.8, 4) is 11.3 Å². The molecule has 1 saturated heterocycles. The van der Waals surface area contributed by atoms with Gasteiger partial charge in [-0.3, -0.25) is 9.89 Å². The predicted octanol–water partition coefficient (Wildman–Crippen LogP) is 3.05. The van der Waals surface area contributed by atoms with E-state index in [0.29, 0.717) is 24.5 Å². The number of benzene rings is 2.